The summed E-state index contributed by atoms with van der Waals surface area (Å²) in [5, 5.41) is 0.573. The van der Waals surface area contributed by atoms with Gasteiger partial charge in [0.05, 0.1) is 13.2 Å². The highest BCUT2D eigenvalue weighted by Crippen LogP contribution is 2.23. The molecule has 1 heterocycles. The zero-order valence-corrected chi connectivity index (χ0v) is 17.2. The Morgan fingerprint density at radius 2 is 1.69 bits per heavy atom. The quantitative estimate of drug-likeness (QED) is 0.203. The monoisotopic (exact) mass is 404 g/mol. The molecule has 6 heteroatoms. The molecule has 0 atom stereocenters. The van der Waals surface area contributed by atoms with Gasteiger partial charge in [0, 0.05) is 22.6 Å². The number of esters is 1. The first-order valence-corrected chi connectivity index (χ1v) is 10.1. The Balaban J connectivity index is 1.58. The zero-order chi connectivity index (χ0) is 21.2. The van der Waals surface area contributed by atoms with E-state index in [1.807, 2.05) is 0 Å². The van der Waals surface area contributed by atoms with E-state index in [-0.39, 0.29) is 11.5 Å². The number of fused-ring (bicyclic) bond motifs is 1. The van der Waals surface area contributed by atoms with Crippen LogP contribution in [0.15, 0.2) is 39.6 Å². The summed E-state index contributed by atoms with van der Waals surface area (Å²) < 4.78 is 29.4. The lowest BCUT2D eigenvalue weighted by atomic mass is 10.1. The van der Waals surface area contributed by atoms with E-state index in [4.69, 9.17) is 13.9 Å². The van der Waals surface area contributed by atoms with Crippen LogP contribution in [-0.2, 0) is 9.53 Å². The number of halogens is 1. The summed E-state index contributed by atoms with van der Waals surface area (Å²) in [7, 11) is 0. The second-order valence-corrected chi connectivity index (χ2v) is 7.23. The lowest BCUT2D eigenvalue weighted by Gasteiger charge is -2.08. The Morgan fingerprint density at radius 1 is 1.07 bits per heavy atom. The van der Waals surface area contributed by atoms with Crippen molar-refractivity contribution in [2.45, 2.75) is 58.8 Å². The average Bonchev–Trinajstić information content (AvgIpc) is 2.69. The molecule has 1 aromatic heterocycles. The van der Waals surface area contributed by atoms with Crippen LogP contribution in [0.2, 0.25) is 0 Å². The summed E-state index contributed by atoms with van der Waals surface area (Å²) in [6.07, 6.45) is 7.30. The molecule has 0 aliphatic carbocycles. The minimum absolute atomic E-state index is 0.289. The molecule has 5 nitrogen and oxygen atoms in total. The van der Waals surface area contributed by atoms with Crippen LogP contribution in [0.4, 0.5) is 4.39 Å². The summed E-state index contributed by atoms with van der Waals surface area (Å²) in [6, 6.07) is 5.10. The van der Waals surface area contributed by atoms with Crippen LogP contribution >= 0.6 is 0 Å². The van der Waals surface area contributed by atoms with Gasteiger partial charge >= 0.3 is 11.6 Å². The van der Waals surface area contributed by atoms with Crippen LogP contribution in [0.5, 0.6) is 5.75 Å². The summed E-state index contributed by atoms with van der Waals surface area (Å²) >= 11 is 0. The molecule has 0 saturated carbocycles. The Hall–Kier alpha value is -2.63. The van der Waals surface area contributed by atoms with Crippen molar-refractivity contribution in [3.8, 4) is 5.75 Å². The van der Waals surface area contributed by atoms with Crippen molar-refractivity contribution in [2.24, 2.45) is 0 Å². The van der Waals surface area contributed by atoms with Crippen molar-refractivity contribution in [3.63, 3.8) is 0 Å². The number of ether oxygens (including phenoxy) is 2. The molecule has 158 valence electrons. The van der Waals surface area contributed by atoms with Gasteiger partial charge in [-0.1, -0.05) is 38.7 Å². The molecule has 0 amide bonds. The Kier molecular flexibility index (Phi) is 8.90. The fourth-order valence-electron chi connectivity index (χ4n) is 2.97. The first-order chi connectivity index (χ1) is 13.9. The maximum absolute atomic E-state index is 13.6. The summed E-state index contributed by atoms with van der Waals surface area (Å²) in [5.74, 6) is -0.559. The van der Waals surface area contributed by atoms with E-state index in [0.29, 0.717) is 35.5 Å². The normalized spacial score (nSPS) is 10.9. The molecule has 0 spiro atoms. The van der Waals surface area contributed by atoms with Gasteiger partial charge in [0.15, 0.2) is 0 Å². The van der Waals surface area contributed by atoms with E-state index in [9.17, 15) is 14.0 Å². The second-order valence-electron chi connectivity index (χ2n) is 7.23. The molecule has 0 radical (unpaired) electrons. The van der Waals surface area contributed by atoms with Gasteiger partial charge in [0.2, 0.25) is 5.82 Å². The number of carbonyl (C=O) groups excluding carboxylic acids is 1. The largest absolute Gasteiger partial charge is 0.493 e. The lowest BCUT2D eigenvalue weighted by molar-refractivity contribution is -0.139. The van der Waals surface area contributed by atoms with Gasteiger partial charge in [-0.25, -0.2) is 9.59 Å². The number of unbranched alkanes of at least 4 members (excludes halogenated alkanes) is 6. The highest BCUT2D eigenvalue weighted by molar-refractivity contribution is 5.86. The van der Waals surface area contributed by atoms with Crippen molar-refractivity contribution >= 4 is 16.9 Å². The number of aryl methyl sites for hydroxylation is 1. The standard InChI is InChI=1S/C23H29FO5/c1-16(2)22(25)28-14-10-8-6-4-5-7-9-13-27-18-11-12-19-17(3)21(24)23(26)29-20(19)15-18/h11-12,15H,1,4-10,13-14H2,2-3H3. The topological polar surface area (TPSA) is 65.7 Å². The minimum Gasteiger partial charge on any atom is -0.493 e. The van der Waals surface area contributed by atoms with Crippen LogP contribution in [0.25, 0.3) is 11.0 Å². The van der Waals surface area contributed by atoms with Crippen LogP contribution < -0.4 is 10.4 Å². The third-order valence-electron chi connectivity index (χ3n) is 4.71. The smallest absolute Gasteiger partial charge is 0.372 e. The molecule has 29 heavy (non-hydrogen) atoms. The molecule has 0 fully saturated rings. The number of hydrogen-bond acceptors (Lipinski definition) is 5. The number of rotatable bonds is 12. The molecule has 2 aromatic rings. The zero-order valence-electron chi connectivity index (χ0n) is 17.2. The third kappa shape index (κ3) is 7.04. The van der Waals surface area contributed by atoms with Crippen LogP contribution in [0, 0.1) is 12.7 Å². The molecule has 0 saturated heterocycles. The van der Waals surface area contributed by atoms with Gasteiger partial charge in [0.1, 0.15) is 11.3 Å². The Morgan fingerprint density at radius 3 is 2.34 bits per heavy atom. The van der Waals surface area contributed by atoms with Crippen molar-refractivity contribution < 1.29 is 23.1 Å². The van der Waals surface area contributed by atoms with Gasteiger partial charge in [-0.3, -0.25) is 0 Å². The Bertz CT molecular complexity index is 900. The van der Waals surface area contributed by atoms with Crippen molar-refractivity contribution in [2.75, 3.05) is 13.2 Å². The van der Waals surface area contributed by atoms with Gasteiger partial charge in [0.25, 0.3) is 0 Å². The van der Waals surface area contributed by atoms with E-state index in [2.05, 4.69) is 6.58 Å². The number of benzene rings is 1. The van der Waals surface area contributed by atoms with E-state index in [1.54, 1.807) is 32.0 Å². The predicted molar refractivity (Wildman–Crippen MR) is 111 cm³/mol. The van der Waals surface area contributed by atoms with Gasteiger partial charge in [-0.05, 0) is 38.8 Å². The first-order valence-electron chi connectivity index (χ1n) is 10.1. The molecule has 0 bridgehead atoms. The lowest BCUT2D eigenvalue weighted by Crippen LogP contribution is -2.07. The summed E-state index contributed by atoms with van der Waals surface area (Å²) in [6.45, 7) is 7.78. The van der Waals surface area contributed by atoms with E-state index in [0.717, 1.165) is 44.9 Å². The van der Waals surface area contributed by atoms with E-state index in [1.165, 1.54) is 0 Å². The maximum Gasteiger partial charge on any atom is 0.372 e. The van der Waals surface area contributed by atoms with Crippen molar-refractivity contribution in [3.05, 3.63) is 52.2 Å². The van der Waals surface area contributed by atoms with Crippen LogP contribution in [0.3, 0.4) is 0 Å². The summed E-state index contributed by atoms with van der Waals surface area (Å²) in [5.41, 5.74) is 0.0997. The molecule has 0 aliphatic heterocycles. The number of carbonyl (C=O) groups is 1. The minimum atomic E-state index is -0.957. The molecule has 0 unspecified atom stereocenters. The fourth-order valence-corrected chi connectivity index (χ4v) is 2.97. The molecule has 0 N–H and O–H groups in total. The fraction of sp³-hybridized carbons (Fsp3) is 0.478. The Labute approximate surface area is 170 Å². The van der Waals surface area contributed by atoms with Crippen molar-refractivity contribution in [1.82, 2.24) is 0 Å². The highest BCUT2D eigenvalue weighted by Gasteiger charge is 2.11. The average molecular weight is 404 g/mol. The predicted octanol–water partition coefficient (Wildman–Crippen LogP) is 5.47. The van der Waals surface area contributed by atoms with Gasteiger partial charge in [-0.2, -0.15) is 4.39 Å². The maximum atomic E-state index is 13.6. The molecular weight excluding hydrogens is 375 g/mol. The van der Waals surface area contributed by atoms with E-state index >= 15 is 0 Å². The van der Waals surface area contributed by atoms with Crippen molar-refractivity contribution in [1.29, 1.82) is 0 Å². The number of hydrogen-bond donors (Lipinski definition) is 0. The second kappa shape index (κ2) is 11.4. The molecule has 0 aliphatic rings. The molecule has 2 rings (SSSR count). The third-order valence-corrected chi connectivity index (χ3v) is 4.71. The summed E-state index contributed by atoms with van der Waals surface area (Å²) in [4.78, 5) is 22.7. The van der Waals surface area contributed by atoms with E-state index < -0.39 is 11.4 Å². The first kappa shape index (κ1) is 22.7. The van der Waals surface area contributed by atoms with Crippen LogP contribution in [0.1, 0.15) is 57.4 Å². The molecular formula is C23H29FO5. The molecule has 1 aromatic carbocycles. The SMILES string of the molecule is C=C(C)C(=O)OCCCCCCCCCOc1ccc2c(C)c(F)c(=O)oc2c1. The van der Waals surface area contributed by atoms with Gasteiger partial charge in [-0.15, -0.1) is 0 Å². The highest BCUT2D eigenvalue weighted by atomic mass is 19.1. The van der Waals surface area contributed by atoms with Crippen LogP contribution in [-0.4, -0.2) is 19.2 Å². The van der Waals surface area contributed by atoms with Gasteiger partial charge < -0.3 is 13.9 Å².